The lowest BCUT2D eigenvalue weighted by Gasteiger charge is -2.31. The van der Waals surface area contributed by atoms with Crippen molar-refractivity contribution in [2.24, 2.45) is 0 Å². The molecule has 1 heterocycles. The lowest BCUT2D eigenvalue weighted by atomic mass is 10.1. The highest BCUT2D eigenvalue weighted by atomic mass is 19.4. The number of rotatable bonds is 7. The van der Waals surface area contributed by atoms with Gasteiger partial charge in [0.15, 0.2) is 0 Å². The number of amides is 2. The van der Waals surface area contributed by atoms with E-state index in [1.165, 1.54) is 24.4 Å². The predicted molar refractivity (Wildman–Crippen MR) is 78.5 cm³/mol. The second-order valence-electron chi connectivity index (χ2n) is 4.47. The van der Waals surface area contributed by atoms with Crippen molar-refractivity contribution in [3.63, 3.8) is 0 Å². The van der Waals surface area contributed by atoms with Gasteiger partial charge in [-0.05, 0) is 12.1 Å². The standard InChI is InChI=1S/C15H16F3N3O2/c1-3-7-20-13(22)12(15(16,17)18)21(9-4-2)14(23)11-6-5-8-19-10-11/h3-6,8,10,12H,1-2,7,9H2,(H,20,22). The molecule has 0 saturated carbocycles. The Morgan fingerprint density at radius 3 is 2.52 bits per heavy atom. The third kappa shape index (κ3) is 4.94. The number of nitrogens with one attached hydrogen (secondary N) is 1. The van der Waals surface area contributed by atoms with Crippen LogP contribution in [0.25, 0.3) is 0 Å². The maximum Gasteiger partial charge on any atom is 0.417 e. The molecule has 124 valence electrons. The lowest BCUT2D eigenvalue weighted by Crippen LogP contribution is -2.57. The van der Waals surface area contributed by atoms with Crippen molar-refractivity contribution in [2.45, 2.75) is 12.2 Å². The maximum absolute atomic E-state index is 13.3. The molecule has 0 aromatic carbocycles. The first-order valence-electron chi connectivity index (χ1n) is 6.60. The van der Waals surface area contributed by atoms with Crippen LogP contribution in [0.4, 0.5) is 13.2 Å². The zero-order chi connectivity index (χ0) is 17.5. The van der Waals surface area contributed by atoms with E-state index in [2.05, 4.69) is 23.5 Å². The molecule has 1 rings (SSSR count). The van der Waals surface area contributed by atoms with E-state index in [4.69, 9.17) is 0 Å². The molecule has 0 aliphatic heterocycles. The van der Waals surface area contributed by atoms with E-state index in [9.17, 15) is 22.8 Å². The molecule has 1 N–H and O–H groups in total. The lowest BCUT2D eigenvalue weighted by molar-refractivity contribution is -0.183. The summed E-state index contributed by atoms with van der Waals surface area (Å²) < 4.78 is 40.0. The molecular weight excluding hydrogens is 311 g/mol. The molecule has 1 aromatic heterocycles. The van der Waals surface area contributed by atoms with Gasteiger partial charge in [-0.25, -0.2) is 0 Å². The van der Waals surface area contributed by atoms with E-state index < -0.39 is 30.6 Å². The van der Waals surface area contributed by atoms with Crippen LogP contribution in [0.5, 0.6) is 0 Å². The van der Waals surface area contributed by atoms with Gasteiger partial charge in [-0.1, -0.05) is 12.2 Å². The van der Waals surface area contributed by atoms with Gasteiger partial charge in [-0.15, -0.1) is 13.2 Å². The summed E-state index contributed by atoms with van der Waals surface area (Å²) in [6, 6.07) is 0.105. The van der Waals surface area contributed by atoms with E-state index in [1.807, 2.05) is 0 Å². The smallest absolute Gasteiger partial charge is 0.351 e. The molecule has 0 saturated heterocycles. The Morgan fingerprint density at radius 1 is 1.35 bits per heavy atom. The fourth-order valence-corrected chi connectivity index (χ4v) is 1.84. The fraction of sp³-hybridized carbons (Fsp3) is 0.267. The van der Waals surface area contributed by atoms with Crippen LogP contribution in [0.2, 0.25) is 0 Å². The van der Waals surface area contributed by atoms with Crippen LogP contribution < -0.4 is 5.32 Å². The number of aromatic nitrogens is 1. The summed E-state index contributed by atoms with van der Waals surface area (Å²) in [5.74, 6) is -2.30. The Labute approximate surface area is 131 Å². The first-order valence-corrected chi connectivity index (χ1v) is 6.60. The minimum absolute atomic E-state index is 0.0554. The van der Waals surface area contributed by atoms with E-state index >= 15 is 0 Å². The summed E-state index contributed by atoms with van der Waals surface area (Å²) in [5, 5.41) is 2.06. The maximum atomic E-state index is 13.3. The number of nitrogens with zero attached hydrogens (tertiary/aromatic N) is 2. The van der Waals surface area contributed by atoms with Crippen LogP contribution in [0.1, 0.15) is 10.4 Å². The van der Waals surface area contributed by atoms with Crippen LogP contribution in [-0.4, -0.2) is 47.0 Å². The molecule has 0 bridgehead atoms. The Hall–Kier alpha value is -2.64. The molecule has 1 aromatic rings. The molecule has 5 nitrogen and oxygen atoms in total. The number of halogens is 3. The summed E-state index contributed by atoms with van der Waals surface area (Å²) >= 11 is 0. The number of hydrogen-bond donors (Lipinski definition) is 1. The molecule has 0 aliphatic carbocycles. The number of hydrogen-bond acceptors (Lipinski definition) is 3. The summed E-state index contributed by atoms with van der Waals surface area (Å²) in [5.41, 5.74) is -0.0554. The van der Waals surface area contributed by atoms with Crippen LogP contribution in [0.15, 0.2) is 49.8 Å². The SMILES string of the molecule is C=CCNC(=O)C(N(CC=C)C(=O)c1cccnc1)C(F)(F)F. The number of pyridine rings is 1. The molecule has 2 amide bonds. The molecule has 1 unspecified atom stereocenters. The largest absolute Gasteiger partial charge is 0.417 e. The van der Waals surface area contributed by atoms with Crippen LogP contribution in [-0.2, 0) is 4.79 Å². The minimum Gasteiger partial charge on any atom is -0.351 e. The quantitative estimate of drug-likeness (QED) is 0.779. The van der Waals surface area contributed by atoms with Gasteiger partial charge in [-0.3, -0.25) is 14.6 Å². The predicted octanol–water partition coefficient (Wildman–Crippen LogP) is 1.94. The van der Waals surface area contributed by atoms with E-state index in [1.54, 1.807) is 0 Å². The van der Waals surface area contributed by atoms with Crippen LogP contribution in [0.3, 0.4) is 0 Å². The van der Waals surface area contributed by atoms with Crippen molar-refractivity contribution in [1.82, 2.24) is 15.2 Å². The monoisotopic (exact) mass is 327 g/mol. The highest BCUT2D eigenvalue weighted by Gasteiger charge is 2.50. The fourth-order valence-electron chi connectivity index (χ4n) is 1.84. The Kier molecular flexibility index (Phi) is 6.49. The number of alkyl halides is 3. The van der Waals surface area contributed by atoms with Gasteiger partial charge in [-0.2, -0.15) is 13.2 Å². The average molecular weight is 327 g/mol. The van der Waals surface area contributed by atoms with Gasteiger partial charge in [0.25, 0.3) is 11.8 Å². The molecule has 0 radical (unpaired) electrons. The third-order valence-electron chi connectivity index (χ3n) is 2.79. The molecule has 23 heavy (non-hydrogen) atoms. The van der Waals surface area contributed by atoms with Gasteiger partial charge in [0.2, 0.25) is 6.04 Å². The molecule has 0 fully saturated rings. The van der Waals surface area contributed by atoms with Crippen molar-refractivity contribution in [1.29, 1.82) is 0 Å². The normalized spacial score (nSPS) is 12.1. The third-order valence-corrected chi connectivity index (χ3v) is 2.79. The van der Waals surface area contributed by atoms with Gasteiger partial charge in [0.05, 0.1) is 5.56 Å². The van der Waals surface area contributed by atoms with Crippen molar-refractivity contribution in [3.05, 3.63) is 55.4 Å². The van der Waals surface area contributed by atoms with E-state index in [0.29, 0.717) is 4.90 Å². The summed E-state index contributed by atoms with van der Waals surface area (Å²) in [7, 11) is 0. The van der Waals surface area contributed by atoms with Crippen LogP contribution in [0, 0.1) is 0 Å². The Bertz CT molecular complexity index is 573. The second kappa shape index (κ2) is 8.11. The summed E-state index contributed by atoms with van der Waals surface area (Å²) in [6.45, 7) is 6.07. The molecule has 0 spiro atoms. The van der Waals surface area contributed by atoms with Gasteiger partial charge in [0, 0.05) is 25.5 Å². The Balaban J connectivity index is 3.19. The number of carbonyl (C=O) groups excluding carboxylic acids is 2. The van der Waals surface area contributed by atoms with Crippen LogP contribution >= 0.6 is 0 Å². The summed E-state index contributed by atoms with van der Waals surface area (Å²) in [4.78, 5) is 28.3. The average Bonchev–Trinajstić information content (AvgIpc) is 2.51. The second-order valence-corrected chi connectivity index (χ2v) is 4.47. The molecule has 1 atom stereocenters. The molecule has 8 heteroatoms. The highest BCUT2D eigenvalue weighted by Crippen LogP contribution is 2.26. The van der Waals surface area contributed by atoms with Crippen molar-refractivity contribution >= 4 is 11.8 Å². The van der Waals surface area contributed by atoms with E-state index in [-0.39, 0.29) is 12.1 Å². The molecule has 0 aliphatic rings. The first-order chi connectivity index (χ1) is 10.8. The topological polar surface area (TPSA) is 62.3 Å². The number of carbonyl (C=O) groups is 2. The van der Waals surface area contributed by atoms with Crippen molar-refractivity contribution in [2.75, 3.05) is 13.1 Å². The van der Waals surface area contributed by atoms with E-state index in [0.717, 1.165) is 12.3 Å². The van der Waals surface area contributed by atoms with Crippen molar-refractivity contribution < 1.29 is 22.8 Å². The first kappa shape index (κ1) is 18.4. The van der Waals surface area contributed by atoms with Gasteiger partial charge < -0.3 is 10.2 Å². The Morgan fingerprint density at radius 2 is 2.04 bits per heavy atom. The minimum atomic E-state index is -4.94. The van der Waals surface area contributed by atoms with Crippen molar-refractivity contribution in [3.8, 4) is 0 Å². The zero-order valence-electron chi connectivity index (χ0n) is 12.2. The van der Waals surface area contributed by atoms with Gasteiger partial charge >= 0.3 is 6.18 Å². The molecular formula is C15H16F3N3O2. The zero-order valence-corrected chi connectivity index (χ0v) is 12.2. The summed E-state index contributed by atoms with van der Waals surface area (Å²) in [6.07, 6.45) is -0.0633. The van der Waals surface area contributed by atoms with Gasteiger partial charge in [0.1, 0.15) is 0 Å². The highest BCUT2D eigenvalue weighted by molar-refractivity contribution is 5.97.